The van der Waals surface area contributed by atoms with Crippen molar-refractivity contribution < 1.29 is 17.9 Å². The summed E-state index contributed by atoms with van der Waals surface area (Å²) in [6, 6.07) is 4.03. The fraction of sp³-hybridized carbons (Fsp3) is 0.423. The molecule has 36 heavy (non-hydrogen) atoms. The Hall–Kier alpha value is -3.40. The molecule has 188 valence electrons. The normalized spacial score (nSPS) is 19.7. The highest BCUT2D eigenvalue weighted by Gasteiger charge is 2.26. The third-order valence-corrected chi connectivity index (χ3v) is 6.52. The third kappa shape index (κ3) is 5.09. The lowest BCUT2D eigenvalue weighted by atomic mass is 9.95. The largest absolute Gasteiger partial charge is 0.378 e. The molecule has 1 aromatic carbocycles. The topological polar surface area (TPSA) is 78.6 Å². The highest BCUT2D eigenvalue weighted by Crippen LogP contribution is 2.34. The van der Waals surface area contributed by atoms with Gasteiger partial charge in [-0.3, -0.25) is 4.68 Å². The number of ether oxygens (including phenoxy) is 1. The Labute approximate surface area is 206 Å². The van der Waals surface area contributed by atoms with E-state index in [0.717, 1.165) is 12.1 Å². The second-order valence-electron chi connectivity index (χ2n) is 9.36. The van der Waals surface area contributed by atoms with Gasteiger partial charge in [-0.2, -0.15) is 5.10 Å². The van der Waals surface area contributed by atoms with Crippen LogP contribution in [0.3, 0.4) is 0 Å². The fourth-order valence-corrected chi connectivity index (χ4v) is 4.27. The van der Waals surface area contributed by atoms with Crippen LogP contribution in [-0.4, -0.2) is 42.4 Å². The van der Waals surface area contributed by atoms with Crippen LogP contribution in [0.1, 0.15) is 61.8 Å². The van der Waals surface area contributed by atoms with Gasteiger partial charge in [-0.25, -0.2) is 33.1 Å². The van der Waals surface area contributed by atoms with Crippen LogP contribution in [0.5, 0.6) is 0 Å². The zero-order valence-corrected chi connectivity index (χ0v) is 20.4. The molecule has 0 amide bonds. The van der Waals surface area contributed by atoms with E-state index < -0.39 is 17.5 Å². The molecule has 4 heterocycles. The van der Waals surface area contributed by atoms with E-state index in [1.165, 1.54) is 12.8 Å². The van der Waals surface area contributed by atoms with E-state index in [2.05, 4.69) is 25.0 Å². The molecule has 1 saturated carbocycles. The van der Waals surface area contributed by atoms with Crippen LogP contribution in [0.25, 0.3) is 22.4 Å². The van der Waals surface area contributed by atoms with E-state index in [1.54, 1.807) is 13.8 Å². The summed E-state index contributed by atoms with van der Waals surface area (Å²) in [7, 11) is 0. The van der Waals surface area contributed by atoms with Gasteiger partial charge in [0, 0.05) is 36.5 Å². The fourth-order valence-electron chi connectivity index (χ4n) is 4.27. The second-order valence-corrected chi connectivity index (χ2v) is 9.36. The van der Waals surface area contributed by atoms with Crippen molar-refractivity contribution in [3.63, 3.8) is 0 Å². The first-order valence-corrected chi connectivity index (χ1v) is 12.1. The van der Waals surface area contributed by atoms with E-state index in [-0.39, 0.29) is 28.8 Å². The first kappa shape index (κ1) is 24.3. The number of hydrogen-bond acceptors (Lipinski definition) is 6. The van der Waals surface area contributed by atoms with Crippen LogP contribution >= 0.6 is 0 Å². The van der Waals surface area contributed by atoms with Crippen molar-refractivity contribution in [1.29, 1.82) is 0 Å². The van der Waals surface area contributed by atoms with Gasteiger partial charge >= 0.3 is 0 Å². The number of rotatable bonds is 3. The van der Waals surface area contributed by atoms with Crippen LogP contribution in [0.4, 0.5) is 13.2 Å². The molecule has 0 N–H and O–H groups in total. The molecule has 2 fully saturated rings. The van der Waals surface area contributed by atoms with Crippen molar-refractivity contribution in [1.82, 2.24) is 29.7 Å². The second kappa shape index (κ2) is 9.93. The van der Waals surface area contributed by atoms with Gasteiger partial charge in [0.2, 0.25) is 0 Å². The summed E-state index contributed by atoms with van der Waals surface area (Å²) >= 11 is 0. The molecule has 2 atom stereocenters. The van der Waals surface area contributed by atoms with Crippen molar-refractivity contribution in [2.24, 2.45) is 0 Å². The average molecular weight is 497 g/mol. The molecular formula is C26H27F3N6O. The van der Waals surface area contributed by atoms with Crippen molar-refractivity contribution in [2.75, 3.05) is 6.61 Å². The summed E-state index contributed by atoms with van der Waals surface area (Å²) in [5, 5.41) is 4.09. The van der Waals surface area contributed by atoms with Crippen molar-refractivity contribution in [3.8, 4) is 11.3 Å². The van der Waals surface area contributed by atoms with Gasteiger partial charge in [0.1, 0.15) is 22.9 Å². The zero-order valence-electron chi connectivity index (χ0n) is 20.4. The summed E-state index contributed by atoms with van der Waals surface area (Å²) in [6.07, 6.45) is 7.98. The minimum absolute atomic E-state index is 0.00339. The van der Waals surface area contributed by atoms with Gasteiger partial charge in [0.05, 0.1) is 23.5 Å². The number of benzene rings is 1. The molecule has 3 aromatic heterocycles. The lowest BCUT2D eigenvalue weighted by molar-refractivity contribution is 0.0173. The van der Waals surface area contributed by atoms with Crippen LogP contribution in [0, 0.1) is 31.3 Å². The number of aromatic nitrogens is 6. The molecule has 1 aliphatic carbocycles. The Morgan fingerprint density at radius 2 is 1.67 bits per heavy atom. The Morgan fingerprint density at radius 1 is 0.917 bits per heavy atom. The Bertz CT molecular complexity index is 1390. The maximum Gasteiger partial charge on any atom is 0.182 e. The molecule has 2 unspecified atom stereocenters. The maximum atomic E-state index is 14.5. The van der Waals surface area contributed by atoms with Crippen LogP contribution < -0.4 is 0 Å². The summed E-state index contributed by atoms with van der Waals surface area (Å²) in [4.78, 5) is 18.0. The van der Waals surface area contributed by atoms with E-state index >= 15 is 0 Å². The highest BCUT2D eigenvalue weighted by atomic mass is 19.2. The minimum atomic E-state index is -1.25. The molecule has 6 rings (SSSR count). The van der Waals surface area contributed by atoms with E-state index in [9.17, 15) is 13.2 Å². The predicted molar refractivity (Wildman–Crippen MR) is 128 cm³/mol. The molecule has 1 saturated heterocycles. The van der Waals surface area contributed by atoms with Gasteiger partial charge in [-0.1, -0.05) is 0 Å². The Morgan fingerprint density at radius 3 is 2.36 bits per heavy atom. The van der Waals surface area contributed by atoms with Crippen molar-refractivity contribution in [2.45, 2.75) is 64.5 Å². The number of halogens is 3. The molecule has 0 spiro atoms. The summed E-state index contributed by atoms with van der Waals surface area (Å²) in [6.45, 7) is 6.11. The third-order valence-electron chi connectivity index (χ3n) is 6.52. The molecule has 0 radical (unpaired) electrons. The van der Waals surface area contributed by atoms with Gasteiger partial charge in [0.15, 0.2) is 17.3 Å². The molecule has 2 aliphatic rings. The quantitative estimate of drug-likeness (QED) is 0.343. The first-order chi connectivity index (χ1) is 17.3. The van der Waals surface area contributed by atoms with Crippen LogP contribution in [0.2, 0.25) is 0 Å². The molecular weight excluding hydrogens is 469 g/mol. The van der Waals surface area contributed by atoms with Gasteiger partial charge in [-0.05, 0) is 58.6 Å². The van der Waals surface area contributed by atoms with E-state index in [0.29, 0.717) is 48.4 Å². The average Bonchev–Trinajstić information content (AvgIpc) is 3.56. The zero-order chi connectivity index (χ0) is 25.4. The van der Waals surface area contributed by atoms with E-state index in [4.69, 9.17) is 4.74 Å². The molecule has 0 bridgehead atoms. The standard InChI is InChI=1S/C20H19F3N4O.C6H8N2/c1-9-6-12(4-5-28-9)19-26-17(13-7-15(22)16(23)8-14(13)21)18-20(27-19)25-11(3)10(2)24-18;1-4-7-8(5-1)6-2-3-6/h7-9,12H,4-6H2,1-3H3;1,4-6H,2-3H2. The smallest absolute Gasteiger partial charge is 0.182 e. The monoisotopic (exact) mass is 496 g/mol. The van der Waals surface area contributed by atoms with Crippen LogP contribution in [-0.2, 0) is 4.74 Å². The highest BCUT2D eigenvalue weighted by molar-refractivity contribution is 5.87. The Kier molecular flexibility index (Phi) is 6.70. The summed E-state index contributed by atoms with van der Waals surface area (Å²) in [5.41, 5.74) is 1.85. The molecule has 4 aromatic rings. The van der Waals surface area contributed by atoms with Crippen LogP contribution in [0.15, 0.2) is 30.6 Å². The predicted octanol–water partition coefficient (Wildman–Crippen LogP) is 5.62. The lowest BCUT2D eigenvalue weighted by Crippen LogP contribution is -2.23. The number of aryl methyl sites for hydroxylation is 2. The summed E-state index contributed by atoms with van der Waals surface area (Å²) < 4.78 is 49.4. The van der Waals surface area contributed by atoms with Crippen molar-refractivity contribution in [3.05, 3.63) is 65.3 Å². The van der Waals surface area contributed by atoms with E-state index in [1.807, 2.05) is 30.1 Å². The summed E-state index contributed by atoms with van der Waals surface area (Å²) in [5.74, 6) is -2.83. The number of hydrogen-bond donors (Lipinski definition) is 0. The molecule has 7 nitrogen and oxygen atoms in total. The molecule has 10 heteroatoms. The number of nitrogens with zero attached hydrogens (tertiary/aromatic N) is 6. The lowest BCUT2D eigenvalue weighted by Gasteiger charge is -2.26. The van der Waals surface area contributed by atoms with Gasteiger partial charge in [0.25, 0.3) is 0 Å². The maximum absolute atomic E-state index is 14.5. The number of fused-ring (bicyclic) bond motifs is 1. The minimum Gasteiger partial charge on any atom is -0.378 e. The first-order valence-electron chi connectivity index (χ1n) is 12.1. The Balaban J connectivity index is 0.000000280. The van der Waals surface area contributed by atoms with Crippen molar-refractivity contribution >= 4 is 11.2 Å². The van der Waals surface area contributed by atoms with Gasteiger partial charge < -0.3 is 4.74 Å². The van der Waals surface area contributed by atoms with Gasteiger partial charge in [-0.15, -0.1) is 0 Å². The SMILES string of the molecule is Cc1nc2nc(C3CCOC(C)C3)nc(-c3cc(F)c(F)cc3F)c2nc1C.c1cnn(C2CC2)c1. The molecule has 1 aliphatic heterocycles.